The van der Waals surface area contributed by atoms with E-state index in [9.17, 15) is 0 Å². The van der Waals surface area contributed by atoms with E-state index in [4.69, 9.17) is 11.5 Å². The largest absolute Gasteiger partial charge is 0.368 e. The summed E-state index contributed by atoms with van der Waals surface area (Å²) in [6.07, 6.45) is 0.864. The summed E-state index contributed by atoms with van der Waals surface area (Å²) in [5, 5.41) is 2.93. The molecule has 60 valence electrons. The van der Waals surface area contributed by atoms with E-state index in [1.165, 1.54) is 0 Å². The molecule has 0 aromatic carbocycles. The zero-order chi connectivity index (χ0) is 8.27. The second-order valence-electron chi connectivity index (χ2n) is 1.91. The average Bonchev–Trinajstić information content (AvgIpc) is 1.85. The van der Waals surface area contributed by atoms with Crippen LogP contribution in [0.5, 0.6) is 0 Å². The van der Waals surface area contributed by atoms with E-state index >= 15 is 0 Å². The fourth-order valence-corrected chi connectivity index (χ4v) is 0.963. The molecule has 1 heterocycles. The summed E-state index contributed by atoms with van der Waals surface area (Å²) >= 11 is 0. The molecule has 0 fully saturated rings. The second-order valence-corrected chi connectivity index (χ2v) is 2.61. The van der Waals surface area contributed by atoms with Crippen LogP contribution in [0.3, 0.4) is 0 Å². The highest BCUT2D eigenvalue weighted by Crippen LogP contribution is 2.01. The molecule has 0 unspecified atom stereocenters. The molecule has 1 rings (SSSR count). The molecule has 7 heteroatoms. The summed E-state index contributed by atoms with van der Waals surface area (Å²) in [6, 6.07) is 0. The zero-order valence-electron chi connectivity index (χ0n) is 6.20. The van der Waals surface area contributed by atoms with Crippen LogP contribution < -0.4 is 16.8 Å². The standard InChI is InChI=1S/C4H10N6Si/c5-2-8-3(6)10-4(9-2)7-1-11/h1H2,11H3,(H5,5,6,7,8,9,10). The number of aromatic nitrogens is 3. The van der Waals surface area contributed by atoms with E-state index in [1.54, 1.807) is 0 Å². The Kier molecular flexibility index (Phi) is 2.21. The SMILES string of the molecule is Nc1nc(N)nc(NC[SiH3])n1. The summed E-state index contributed by atoms with van der Waals surface area (Å²) in [4.78, 5) is 11.2. The third-order valence-electron chi connectivity index (χ3n) is 1.00. The van der Waals surface area contributed by atoms with Crippen molar-refractivity contribution in [3.63, 3.8) is 0 Å². The molecule has 0 aliphatic rings. The molecule has 0 bridgehead atoms. The van der Waals surface area contributed by atoms with Gasteiger partial charge in [-0.25, -0.2) is 0 Å². The van der Waals surface area contributed by atoms with Crippen molar-refractivity contribution in [3.05, 3.63) is 0 Å². The van der Waals surface area contributed by atoms with Crippen molar-refractivity contribution in [1.29, 1.82) is 0 Å². The first-order valence-corrected chi connectivity index (χ1v) is 4.64. The van der Waals surface area contributed by atoms with Gasteiger partial charge in [0.05, 0.1) is 0 Å². The number of nitrogens with two attached hydrogens (primary N) is 2. The fraction of sp³-hybridized carbons (Fsp3) is 0.250. The molecular weight excluding hydrogens is 160 g/mol. The van der Waals surface area contributed by atoms with Crippen LogP contribution >= 0.6 is 0 Å². The van der Waals surface area contributed by atoms with E-state index in [0.717, 1.165) is 16.4 Å². The minimum absolute atomic E-state index is 0.148. The molecule has 0 aliphatic carbocycles. The van der Waals surface area contributed by atoms with Gasteiger partial charge in [0.15, 0.2) is 0 Å². The summed E-state index contributed by atoms with van der Waals surface area (Å²) in [6.45, 7) is 0. The summed E-state index contributed by atoms with van der Waals surface area (Å²) in [7, 11) is 1.03. The van der Waals surface area contributed by atoms with Gasteiger partial charge in [0.1, 0.15) is 0 Å². The van der Waals surface area contributed by atoms with Crippen LogP contribution in [0.4, 0.5) is 17.8 Å². The van der Waals surface area contributed by atoms with Gasteiger partial charge in [0.2, 0.25) is 17.8 Å². The number of nitrogens with zero attached hydrogens (tertiary/aromatic N) is 3. The van der Waals surface area contributed by atoms with Crippen molar-refractivity contribution < 1.29 is 0 Å². The second kappa shape index (κ2) is 3.15. The van der Waals surface area contributed by atoms with Crippen molar-refractivity contribution in [3.8, 4) is 0 Å². The first-order valence-electron chi connectivity index (χ1n) is 3.23. The van der Waals surface area contributed by atoms with Gasteiger partial charge >= 0.3 is 0 Å². The van der Waals surface area contributed by atoms with Crippen molar-refractivity contribution in [2.75, 3.05) is 23.0 Å². The van der Waals surface area contributed by atoms with Gasteiger partial charge in [0.25, 0.3) is 0 Å². The Morgan fingerprint density at radius 2 is 1.73 bits per heavy atom. The van der Waals surface area contributed by atoms with Crippen LogP contribution in [0.1, 0.15) is 0 Å². The summed E-state index contributed by atoms with van der Waals surface area (Å²) in [5.41, 5.74) is 10.6. The Hall–Kier alpha value is -1.37. The molecule has 11 heavy (non-hydrogen) atoms. The molecule has 0 atom stereocenters. The van der Waals surface area contributed by atoms with Crippen molar-refractivity contribution in [2.45, 2.75) is 0 Å². The number of hydrogen-bond acceptors (Lipinski definition) is 6. The van der Waals surface area contributed by atoms with E-state index < -0.39 is 0 Å². The van der Waals surface area contributed by atoms with Crippen LogP contribution in [-0.2, 0) is 0 Å². The number of hydrogen-bond donors (Lipinski definition) is 3. The highest BCUT2D eigenvalue weighted by molar-refractivity contribution is 6.09. The quantitative estimate of drug-likeness (QED) is 0.434. The number of nitrogen functional groups attached to an aromatic ring is 2. The van der Waals surface area contributed by atoms with E-state index in [-0.39, 0.29) is 11.9 Å². The Labute approximate surface area is 66.9 Å². The van der Waals surface area contributed by atoms with Crippen molar-refractivity contribution >= 4 is 28.1 Å². The lowest BCUT2D eigenvalue weighted by molar-refractivity contribution is 1.07. The Bertz CT molecular complexity index is 230. The maximum atomic E-state index is 5.32. The third-order valence-corrected chi connectivity index (χ3v) is 1.36. The van der Waals surface area contributed by atoms with Gasteiger partial charge in [-0.2, -0.15) is 15.0 Å². The zero-order valence-corrected chi connectivity index (χ0v) is 8.20. The van der Waals surface area contributed by atoms with E-state index in [1.807, 2.05) is 0 Å². The van der Waals surface area contributed by atoms with Crippen LogP contribution in [0, 0.1) is 0 Å². The van der Waals surface area contributed by atoms with Gasteiger partial charge in [-0.15, -0.1) is 0 Å². The Balaban J connectivity index is 2.89. The van der Waals surface area contributed by atoms with Crippen LogP contribution in [0.2, 0.25) is 0 Å². The van der Waals surface area contributed by atoms with E-state index in [2.05, 4.69) is 20.3 Å². The van der Waals surface area contributed by atoms with Gasteiger partial charge < -0.3 is 16.8 Å². The molecule has 1 aromatic rings. The third kappa shape index (κ3) is 2.04. The van der Waals surface area contributed by atoms with Gasteiger partial charge in [-0.3, -0.25) is 0 Å². The highest BCUT2D eigenvalue weighted by Gasteiger charge is 1.97. The molecule has 6 nitrogen and oxygen atoms in total. The predicted octanol–water partition coefficient (Wildman–Crippen LogP) is -2.23. The van der Waals surface area contributed by atoms with Crippen LogP contribution in [0.15, 0.2) is 0 Å². The predicted molar refractivity (Wildman–Crippen MR) is 47.1 cm³/mol. The maximum absolute atomic E-state index is 5.32. The molecule has 5 N–H and O–H groups in total. The number of rotatable bonds is 2. The number of anilines is 3. The normalized spacial score (nSPS) is 9.82. The average molecular weight is 170 g/mol. The Morgan fingerprint density at radius 1 is 1.18 bits per heavy atom. The van der Waals surface area contributed by atoms with E-state index in [0.29, 0.717) is 5.95 Å². The monoisotopic (exact) mass is 170 g/mol. The topological polar surface area (TPSA) is 103 Å². The summed E-state index contributed by atoms with van der Waals surface area (Å²) in [5.74, 6) is 0.746. The van der Waals surface area contributed by atoms with Gasteiger partial charge in [-0.05, 0) is 0 Å². The fourth-order valence-electron chi connectivity index (χ4n) is 0.647. The molecule has 0 saturated carbocycles. The molecule has 0 saturated heterocycles. The lowest BCUT2D eigenvalue weighted by Crippen LogP contribution is -2.09. The minimum Gasteiger partial charge on any atom is -0.368 e. The van der Waals surface area contributed by atoms with Crippen LogP contribution in [-0.4, -0.2) is 31.4 Å². The van der Waals surface area contributed by atoms with Crippen molar-refractivity contribution in [2.24, 2.45) is 0 Å². The maximum Gasteiger partial charge on any atom is 0.228 e. The van der Waals surface area contributed by atoms with Crippen LogP contribution in [0.25, 0.3) is 0 Å². The summed E-state index contributed by atoms with van der Waals surface area (Å²) < 4.78 is 0. The molecule has 0 radical (unpaired) electrons. The lowest BCUT2D eigenvalue weighted by atomic mass is 10.8. The minimum atomic E-state index is 0.148. The smallest absolute Gasteiger partial charge is 0.228 e. The highest BCUT2D eigenvalue weighted by atomic mass is 28.1. The Morgan fingerprint density at radius 3 is 2.18 bits per heavy atom. The first kappa shape index (κ1) is 7.73. The molecule has 1 aromatic heterocycles. The van der Waals surface area contributed by atoms with Gasteiger partial charge in [0, 0.05) is 16.4 Å². The molecular formula is C4H10N6Si. The first-order chi connectivity index (χ1) is 5.22. The van der Waals surface area contributed by atoms with Gasteiger partial charge in [-0.1, -0.05) is 0 Å². The molecule has 0 spiro atoms. The lowest BCUT2D eigenvalue weighted by Gasteiger charge is -2.01. The number of nitrogens with one attached hydrogen (secondary N) is 1. The molecule has 0 amide bonds. The molecule has 0 aliphatic heterocycles. The van der Waals surface area contributed by atoms with Crippen molar-refractivity contribution in [1.82, 2.24) is 15.0 Å².